The van der Waals surface area contributed by atoms with Gasteiger partial charge in [-0.2, -0.15) is 0 Å². The molecule has 2 atom stereocenters. The average molecular weight is 249 g/mol. The normalized spacial score (nSPS) is 14.7. The van der Waals surface area contributed by atoms with Crippen LogP contribution in [0, 0.1) is 11.8 Å². The first-order valence-corrected chi connectivity index (χ1v) is 7.05. The number of aromatic hydroxyl groups is 1. The van der Waals surface area contributed by atoms with E-state index in [0.29, 0.717) is 23.6 Å². The van der Waals surface area contributed by atoms with E-state index < -0.39 is 0 Å². The fourth-order valence-electron chi connectivity index (χ4n) is 2.47. The van der Waals surface area contributed by atoms with E-state index in [9.17, 15) is 5.11 Å². The van der Waals surface area contributed by atoms with Crippen molar-refractivity contribution < 1.29 is 5.11 Å². The van der Waals surface area contributed by atoms with Crippen molar-refractivity contribution in [3.63, 3.8) is 0 Å². The first-order valence-electron chi connectivity index (χ1n) is 7.05. The summed E-state index contributed by atoms with van der Waals surface area (Å²) in [5, 5.41) is 13.1. The molecule has 0 spiro atoms. The van der Waals surface area contributed by atoms with Gasteiger partial charge in [-0.1, -0.05) is 32.9 Å². The minimum atomic E-state index is 0.365. The van der Waals surface area contributed by atoms with Crippen LogP contribution in [-0.2, 0) is 6.42 Å². The Kier molecular flexibility index (Phi) is 6.20. The van der Waals surface area contributed by atoms with Crippen LogP contribution < -0.4 is 5.32 Å². The summed E-state index contributed by atoms with van der Waals surface area (Å²) in [5.74, 6) is 1.59. The molecule has 0 bridgehead atoms. The Morgan fingerprint density at radius 3 is 2.50 bits per heavy atom. The zero-order chi connectivity index (χ0) is 13.5. The highest BCUT2D eigenvalue weighted by atomic mass is 16.3. The van der Waals surface area contributed by atoms with Crippen LogP contribution in [0.25, 0.3) is 0 Å². The quantitative estimate of drug-likeness (QED) is 0.774. The lowest BCUT2D eigenvalue weighted by atomic mass is 9.84. The fourth-order valence-corrected chi connectivity index (χ4v) is 2.47. The van der Waals surface area contributed by atoms with Crippen LogP contribution in [0.3, 0.4) is 0 Å². The molecule has 2 unspecified atom stereocenters. The second-order valence-electron chi connectivity index (χ2n) is 5.52. The lowest BCUT2D eigenvalue weighted by Gasteiger charge is -2.28. The van der Waals surface area contributed by atoms with Gasteiger partial charge in [0.1, 0.15) is 5.75 Å². The summed E-state index contributed by atoms with van der Waals surface area (Å²) in [6.45, 7) is 10.1. The monoisotopic (exact) mass is 249 g/mol. The number of rotatable bonds is 7. The molecule has 0 aliphatic rings. The van der Waals surface area contributed by atoms with Gasteiger partial charge >= 0.3 is 0 Å². The van der Waals surface area contributed by atoms with Crippen LogP contribution in [0.15, 0.2) is 24.3 Å². The van der Waals surface area contributed by atoms with E-state index >= 15 is 0 Å². The van der Waals surface area contributed by atoms with Gasteiger partial charge in [-0.25, -0.2) is 0 Å². The van der Waals surface area contributed by atoms with E-state index in [1.165, 1.54) is 12.0 Å². The number of phenolic OH excluding ortho intramolecular Hbond substituents is 1. The zero-order valence-corrected chi connectivity index (χ0v) is 12.1. The maximum atomic E-state index is 9.53. The van der Waals surface area contributed by atoms with Crippen molar-refractivity contribution in [2.24, 2.45) is 11.8 Å². The molecule has 0 fully saturated rings. The molecule has 0 radical (unpaired) electrons. The van der Waals surface area contributed by atoms with Gasteiger partial charge in [0.05, 0.1) is 0 Å². The van der Waals surface area contributed by atoms with Gasteiger partial charge < -0.3 is 10.4 Å². The molecular formula is C16H27NO. The SMILES string of the molecule is CCCNC(C)C(Cc1cccc(O)c1)C(C)C. The molecule has 1 rings (SSSR count). The molecule has 0 amide bonds. The molecule has 102 valence electrons. The maximum absolute atomic E-state index is 9.53. The molecule has 0 saturated carbocycles. The summed E-state index contributed by atoms with van der Waals surface area (Å²) >= 11 is 0. The third-order valence-corrected chi connectivity index (χ3v) is 3.60. The Balaban J connectivity index is 2.68. The molecule has 2 heteroatoms. The predicted molar refractivity (Wildman–Crippen MR) is 77.9 cm³/mol. The van der Waals surface area contributed by atoms with Crippen molar-refractivity contribution in [1.82, 2.24) is 5.32 Å². The minimum absolute atomic E-state index is 0.365. The first-order chi connectivity index (χ1) is 8.54. The first kappa shape index (κ1) is 15.0. The van der Waals surface area contributed by atoms with Gasteiger partial charge in [0.25, 0.3) is 0 Å². The summed E-state index contributed by atoms with van der Waals surface area (Å²) in [4.78, 5) is 0. The largest absolute Gasteiger partial charge is 0.508 e. The van der Waals surface area contributed by atoms with Crippen molar-refractivity contribution in [3.05, 3.63) is 29.8 Å². The molecule has 0 saturated heterocycles. The second kappa shape index (κ2) is 7.42. The number of nitrogens with one attached hydrogen (secondary N) is 1. The van der Waals surface area contributed by atoms with Crippen molar-refractivity contribution in [3.8, 4) is 5.75 Å². The lowest BCUT2D eigenvalue weighted by molar-refractivity contribution is 0.289. The topological polar surface area (TPSA) is 32.3 Å². The van der Waals surface area contributed by atoms with Gasteiger partial charge in [-0.15, -0.1) is 0 Å². The van der Waals surface area contributed by atoms with Crippen LogP contribution in [0.1, 0.15) is 39.7 Å². The highest BCUT2D eigenvalue weighted by Gasteiger charge is 2.20. The molecule has 0 aromatic heterocycles. The average Bonchev–Trinajstić information content (AvgIpc) is 2.32. The number of benzene rings is 1. The van der Waals surface area contributed by atoms with E-state index in [0.717, 1.165) is 13.0 Å². The van der Waals surface area contributed by atoms with E-state index in [1.54, 1.807) is 6.07 Å². The highest BCUT2D eigenvalue weighted by Crippen LogP contribution is 2.22. The number of hydrogen-bond donors (Lipinski definition) is 2. The Morgan fingerprint density at radius 1 is 1.22 bits per heavy atom. The minimum Gasteiger partial charge on any atom is -0.508 e. The summed E-state index contributed by atoms with van der Waals surface area (Å²) < 4.78 is 0. The molecule has 2 nitrogen and oxygen atoms in total. The molecule has 2 N–H and O–H groups in total. The molecule has 0 aliphatic carbocycles. The maximum Gasteiger partial charge on any atom is 0.115 e. The smallest absolute Gasteiger partial charge is 0.115 e. The van der Waals surface area contributed by atoms with E-state index in [2.05, 4.69) is 39.1 Å². The summed E-state index contributed by atoms with van der Waals surface area (Å²) in [5.41, 5.74) is 1.22. The third kappa shape index (κ3) is 4.69. The van der Waals surface area contributed by atoms with Crippen LogP contribution in [0.5, 0.6) is 5.75 Å². The molecule has 1 aromatic rings. The predicted octanol–water partition coefficient (Wildman–Crippen LogP) is 3.60. The van der Waals surface area contributed by atoms with Gasteiger partial charge in [0, 0.05) is 6.04 Å². The molecule has 1 aromatic carbocycles. The van der Waals surface area contributed by atoms with Gasteiger partial charge in [0.15, 0.2) is 0 Å². The van der Waals surface area contributed by atoms with Gasteiger partial charge in [-0.3, -0.25) is 0 Å². The van der Waals surface area contributed by atoms with Gasteiger partial charge in [-0.05, 0) is 55.8 Å². The van der Waals surface area contributed by atoms with E-state index in [-0.39, 0.29) is 0 Å². The van der Waals surface area contributed by atoms with Crippen molar-refractivity contribution >= 4 is 0 Å². The molecule has 18 heavy (non-hydrogen) atoms. The number of hydrogen-bond acceptors (Lipinski definition) is 2. The Bertz CT molecular complexity index is 349. The van der Waals surface area contributed by atoms with Crippen molar-refractivity contribution in [2.45, 2.75) is 46.6 Å². The lowest BCUT2D eigenvalue weighted by Crippen LogP contribution is -2.37. The van der Waals surface area contributed by atoms with Crippen LogP contribution in [-0.4, -0.2) is 17.7 Å². The Morgan fingerprint density at radius 2 is 1.94 bits per heavy atom. The molecular weight excluding hydrogens is 222 g/mol. The van der Waals surface area contributed by atoms with Crippen LogP contribution >= 0.6 is 0 Å². The van der Waals surface area contributed by atoms with E-state index in [1.807, 2.05) is 12.1 Å². The van der Waals surface area contributed by atoms with Crippen molar-refractivity contribution in [1.29, 1.82) is 0 Å². The fraction of sp³-hybridized carbons (Fsp3) is 0.625. The molecule has 0 heterocycles. The number of phenols is 1. The van der Waals surface area contributed by atoms with Gasteiger partial charge in [0.2, 0.25) is 0 Å². The van der Waals surface area contributed by atoms with E-state index in [4.69, 9.17) is 0 Å². The second-order valence-corrected chi connectivity index (χ2v) is 5.52. The summed E-state index contributed by atoms with van der Waals surface area (Å²) in [6.07, 6.45) is 2.19. The highest BCUT2D eigenvalue weighted by molar-refractivity contribution is 5.27. The summed E-state index contributed by atoms with van der Waals surface area (Å²) in [6, 6.07) is 8.13. The standard InChI is InChI=1S/C16H27NO/c1-5-9-17-13(4)16(12(2)3)11-14-7-6-8-15(18)10-14/h6-8,10,12-13,16-18H,5,9,11H2,1-4H3. The van der Waals surface area contributed by atoms with Crippen LogP contribution in [0.4, 0.5) is 0 Å². The Labute approximate surface area is 111 Å². The third-order valence-electron chi connectivity index (χ3n) is 3.60. The summed E-state index contributed by atoms with van der Waals surface area (Å²) in [7, 11) is 0. The zero-order valence-electron chi connectivity index (χ0n) is 12.1. The van der Waals surface area contributed by atoms with Crippen LogP contribution in [0.2, 0.25) is 0 Å². The molecule has 0 aliphatic heterocycles. The van der Waals surface area contributed by atoms with Crippen molar-refractivity contribution in [2.75, 3.05) is 6.54 Å². The Hall–Kier alpha value is -1.02.